The van der Waals surface area contributed by atoms with E-state index in [2.05, 4.69) is 16.5 Å². The molecule has 1 aromatic heterocycles. The Labute approximate surface area is 150 Å². The van der Waals surface area contributed by atoms with Crippen LogP contribution in [0.15, 0.2) is 11.0 Å². The first-order chi connectivity index (χ1) is 11.8. The van der Waals surface area contributed by atoms with Crippen LogP contribution in [0.5, 0.6) is 0 Å². The molecule has 7 nitrogen and oxygen atoms in total. The molecule has 0 spiro atoms. The first-order valence-electron chi connectivity index (χ1n) is 8.73. The monoisotopic (exact) mass is 371 g/mol. The fraction of sp³-hybridized carbons (Fsp3) is 0.706. The summed E-state index contributed by atoms with van der Waals surface area (Å²) in [6, 6.07) is 1.37. The quantitative estimate of drug-likeness (QED) is 0.581. The van der Waals surface area contributed by atoms with E-state index in [4.69, 9.17) is 4.74 Å². The summed E-state index contributed by atoms with van der Waals surface area (Å²) in [5, 5.41) is 0. The number of carbonyl (C=O) groups excluding carboxylic acids is 1. The zero-order chi connectivity index (χ0) is 18.6. The number of hydrogen-bond donors (Lipinski definition) is 1. The second-order valence-corrected chi connectivity index (χ2v) is 8.56. The third kappa shape index (κ3) is 4.83. The van der Waals surface area contributed by atoms with Crippen LogP contribution >= 0.6 is 0 Å². The number of nitrogens with one attached hydrogen (secondary N) is 1. The van der Waals surface area contributed by atoms with Gasteiger partial charge in [0.2, 0.25) is 10.0 Å². The summed E-state index contributed by atoms with van der Waals surface area (Å²) in [5.74, 6) is 0.167. The Hall–Kier alpha value is -1.38. The van der Waals surface area contributed by atoms with Crippen molar-refractivity contribution in [1.82, 2.24) is 14.2 Å². The molecule has 2 heterocycles. The largest absolute Gasteiger partial charge is 0.464 e. The van der Waals surface area contributed by atoms with Gasteiger partial charge in [-0.2, -0.15) is 0 Å². The lowest BCUT2D eigenvalue weighted by atomic mass is 10.0. The number of piperidine rings is 1. The average molecular weight is 372 g/mol. The number of esters is 1. The maximum atomic E-state index is 12.5. The molecule has 1 aliphatic rings. The van der Waals surface area contributed by atoms with Gasteiger partial charge in [0.25, 0.3) is 0 Å². The lowest BCUT2D eigenvalue weighted by Gasteiger charge is -2.30. The van der Waals surface area contributed by atoms with E-state index in [1.807, 2.05) is 0 Å². The molecule has 0 aliphatic carbocycles. The van der Waals surface area contributed by atoms with Crippen LogP contribution in [0.1, 0.15) is 42.4 Å². The minimum absolute atomic E-state index is 0.127. The molecule has 0 aromatic carbocycles. The zero-order valence-electron chi connectivity index (χ0n) is 15.5. The first kappa shape index (κ1) is 19.9. The summed E-state index contributed by atoms with van der Waals surface area (Å²) in [6.45, 7) is 7.40. The van der Waals surface area contributed by atoms with Gasteiger partial charge >= 0.3 is 5.97 Å². The van der Waals surface area contributed by atoms with Gasteiger partial charge in [-0.25, -0.2) is 17.9 Å². The van der Waals surface area contributed by atoms with Crippen LogP contribution in [0.4, 0.5) is 0 Å². The highest BCUT2D eigenvalue weighted by atomic mass is 32.2. The van der Waals surface area contributed by atoms with E-state index in [1.54, 1.807) is 14.0 Å². The van der Waals surface area contributed by atoms with Gasteiger partial charge in [-0.1, -0.05) is 6.92 Å². The highest BCUT2D eigenvalue weighted by Gasteiger charge is 2.24. The van der Waals surface area contributed by atoms with Gasteiger partial charge in [0, 0.05) is 25.8 Å². The van der Waals surface area contributed by atoms with Gasteiger partial charge in [0.15, 0.2) is 0 Å². The van der Waals surface area contributed by atoms with Crippen molar-refractivity contribution in [2.75, 3.05) is 33.3 Å². The maximum absolute atomic E-state index is 12.5. The van der Waals surface area contributed by atoms with Crippen molar-refractivity contribution in [3.63, 3.8) is 0 Å². The molecule has 2 rings (SSSR count). The van der Waals surface area contributed by atoms with E-state index in [0.717, 1.165) is 26.1 Å². The number of ether oxygens (including phenoxy) is 1. The van der Waals surface area contributed by atoms with Crippen molar-refractivity contribution in [2.24, 2.45) is 13.0 Å². The Kier molecular flexibility index (Phi) is 6.65. The van der Waals surface area contributed by atoms with Crippen LogP contribution in [0, 0.1) is 12.8 Å². The van der Waals surface area contributed by atoms with Crippen LogP contribution in [-0.4, -0.2) is 57.1 Å². The molecule has 1 atom stereocenters. The maximum Gasteiger partial charge on any atom is 0.354 e. The highest BCUT2D eigenvalue weighted by Crippen LogP contribution is 2.20. The van der Waals surface area contributed by atoms with E-state index in [-0.39, 0.29) is 10.6 Å². The molecule has 1 saturated heterocycles. The second-order valence-electron chi connectivity index (χ2n) is 6.83. The molecule has 0 saturated carbocycles. The zero-order valence-corrected chi connectivity index (χ0v) is 16.4. The smallest absolute Gasteiger partial charge is 0.354 e. The number of methoxy groups -OCH3 is 1. The van der Waals surface area contributed by atoms with Gasteiger partial charge in [0.1, 0.15) is 10.6 Å². The molecule has 1 aliphatic heterocycles. The SMILES string of the molecule is COC(=O)c1cc(S(=O)(=O)NCCCN2CCCC(C)C2)c(C)n1C. The third-order valence-electron chi connectivity index (χ3n) is 4.86. The molecule has 1 unspecified atom stereocenters. The van der Waals surface area contributed by atoms with E-state index in [1.165, 1.54) is 30.6 Å². The van der Waals surface area contributed by atoms with E-state index >= 15 is 0 Å². The van der Waals surface area contributed by atoms with Crippen LogP contribution in [-0.2, 0) is 21.8 Å². The molecule has 1 aromatic rings. The predicted molar refractivity (Wildman–Crippen MR) is 96.1 cm³/mol. The highest BCUT2D eigenvalue weighted by molar-refractivity contribution is 7.89. The number of likely N-dealkylation sites (tertiary alicyclic amines) is 1. The molecular formula is C17H29N3O4S. The fourth-order valence-electron chi connectivity index (χ4n) is 3.32. The Morgan fingerprint density at radius 1 is 1.44 bits per heavy atom. The normalized spacial score (nSPS) is 19.1. The van der Waals surface area contributed by atoms with Gasteiger partial charge in [-0.05, 0) is 51.3 Å². The third-order valence-corrected chi connectivity index (χ3v) is 6.43. The Morgan fingerprint density at radius 3 is 2.80 bits per heavy atom. The number of rotatable bonds is 7. The first-order valence-corrected chi connectivity index (χ1v) is 10.2. The standard InChI is InChI=1S/C17H29N3O4S/c1-13-7-5-9-20(12-13)10-6-8-18-25(22,23)16-11-15(17(21)24-4)19(3)14(16)2/h11,13,18H,5-10,12H2,1-4H3. The molecule has 1 fully saturated rings. The van der Waals surface area contributed by atoms with Crippen LogP contribution in [0.2, 0.25) is 0 Å². The number of sulfonamides is 1. The number of aromatic nitrogens is 1. The Bertz CT molecular complexity index is 712. The molecule has 0 amide bonds. The second kappa shape index (κ2) is 8.33. The van der Waals surface area contributed by atoms with Crippen molar-refractivity contribution < 1.29 is 17.9 Å². The average Bonchev–Trinajstić information content (AvgIpc) is 2.87. The van der Waals surface area contributed by atoms with Crippen molar-refractivity contribution >= 4 is 16.0 Å². The predicted octanol–water partition coefficient (Wildman–Crippen LogP) is 1.52. The van der Waals surface area contributed by atoms with Gasteiger partial charge < -0.3 is 14.2 Å². The lowest BCUT2D eigenvalue weighted by molar-refractivity contribution is 0.0589. The van der Waals surface area contributed by atoms with Crippen molar-refractivity contribution in [3.8, 4) is 0 Å². The molecule has 0 bridgehead atoms. The summed E-state index contributed by atoms with van der Waals surface area (Å²) < 4.78 is 34.0. The molecule has 1 N–H and O–H groups in total. The summed E-state index contributed by atoms with van der Waals surface area (Å²) >= 11 is 0. The summed E-state index contributed by atoms with van der Waals surface area (Å²) in [4.78, 5) is 14.2. The van der Waals surface area contributed by atoms with Gasteiger partial charge in [-0.3, -0.25) is 0 Å². The fourth-order valence-corrected chi connectivity index (χ4v) is 4.68. The summed E-state index contributed by atoms with van der Waals surface area (Å²) in [7, 11) is -0.718. The van der Waals surface area contributed by atoms with Crippen molar-refractivity contribution in [2.45, 2.75) is 38.0 Å². The molecule has 25 heavy (non-hydrogen) atoms. The van der Waals surface area contributed by atoms with Gasteiger partial charge in [-0.15, -0.1) is 0 Å². The summed E-state index contributed by atoms with van der Waals surface area (Å²) in [5.41, 5.74) is 0.737. The van der Waals surface area contributed by atoms with E-state index in [9.17, 15) is 13.2 Å². The number of hydrogen-bond acceptors (Lipinski definition) is 5. The van der Waals surface area contributed by atoms with Crippen molar-refractivity contribution in [1.29, 1.82) is 0 Å². The van der Waals surface area contributed by atoms with Crippen LogP contribution in [0.3, 0.4) is 0 Å². The minimum Gasteiger partial charge on any atom is -0.464 e. The summed E-state index contributed by atoms with van der Waals surface area (Å²) in [6.07, 6.45) is 3.26. The minimum atomic E-state index is -3.65. The molecular weight excluding hydrogens is 342 g/mol. The number of carbonyl (C=O) groups is 1. The number of nitrogens with zero attached hydrogens (tertiary/aromatic N) is 2. The Balaban J connectivity index is 1.94. The van der Waals surface area contributed by atoms with Crippen LogP contribution < -0.4 is 4.72 Å². The topological polar surface area (TPSA) is 80.6 Å². The van der Waals surface area contributed by atoms with Crippen molar-refractivity contribution in [3.05, 3.63) is 17.5 Å². The molecule has 142 valence electrons. The van der Waals surface area contributed by atoms with E-state index < -0.39 is 16.0 Å². The molecule has 0 radical (unpaired) electrons. The van der Waals surface area contributed by atoms with Crippen LogP contribution in [0.25, 0.3) is 0 Å². The Morgan fingerprint density at radius 2 is 2.16 bits per heavy atom. The molecule has 8 heteroatoms. The van der Waals surface area contributed by atoms with E-state index in [0.29, 0.717) is 18.2 Å². The lowest BCUT2D eigenvalue weighted by Crippen LogP contribution is -2.36. The van der Waals surface area contributed by atoms with Gasteiger partial charge in [0.05, 0.1) is 7.11 Å².